The number of nitrogens with zero attached hydrogens (tertiary/aromatic N) is 4. The second-order valence-corrected chi connectivity index (χ2v) is 5.73. The highest BCUT2D eigenvalue weighted by molar-refractivity contribution is 6.61. The van der Waals surface area contributed by atoms with Crippen LogP contribution in [0.3, 0.4) is 0 Å². The Morgan fingerprint density at radius 2 is 1.95 bits per heavy atom. The van der Waals surface area contributed by atoms with Gasteiger partial charge in [0.1, 0.15) is 5.82 Å². The van der Waals surface area contributed by atoms with Crippen molar-refractivity contribution < 1.29 is 18.9 Å². The lowest BCUT2D eigenvalue weighted by Gasteiger charge is -2.32. The zero-order chi connectivity index (χ0) is 21.2. The smallest absolute Gasteiger partial charge is 0.398 e. The van der Waals surface area contributed by atoms with Gasteiger partial charge in [-0.15, -0.1) is 0 Å². The van der Waals surface area contributed by atoms with E-state index in [1.165, 1.54) is 0 Å². The van der Waals surface area contributed by atoms with Gasteiger partial charge >= 0.3 is 7.12 Å². The van der Waals surface area contributed by atoms with Crippen LogP contribution >= 0.6 is 0 Å². The van der Waals surface area contributed by atoms with Crippen molar-refractivity contribution in [2.75, 3.05) is 0 Å². The maximum Gasteiger partial charge on any atom is 0.516 e. The number of rotatable bonds is 2. The first-order valence-corrected chi connectivity index (χ1v) is 6.43. The Labute approximate surface area is 134 Å². The molecule has 0 N–H and O–H groups in total. The summed E-state index contributed by atoms with van der Waals surface area (Å²) in [5.41, 5.74) is -1.37. The highest BCUT2D eigenvalue weighted by atomic mass is 16.7. The molecule has 0 atom stereocenters. The van der Waals surface area contributed by atoms with E-state index in [4.69, 9.17) is 18.9 Å². The van der Waals surface area contributed by atoms with Crippen LogP contribution in [0.5, 0.6) is 0 Å². The summed E-state index contributed by atoms with van der Waals surface area (Å²) in [6.45, 7) is 4.62. The number of aromatic nitrogens is 4. The fourth-order valence-corrected chi connectivity index (χ4v) is 1.81. The molecule has 3 heterocycles. The first-order valence-electron chi connectivity index (χ1n) is 9.93. The highest BCUT2D eigenvalue weighted by Gasteiger charge is 2.52. The molecule has 7 heteroatoms. The predicted octanol–water partition coefficient (Wildman–Crippen LogP) is 1.27. The molecule has 0 amide bonds. The molecule has 0 aliphatic carbocycles. The quantitative estimate of drug-likeness (QED) is 0.780. The topological polar surface area (TPSA) is 62.1 Å². The maximum absolute atomic E-state index is 8.20. The average Bonchev–Trinajstić information content (AvgIpc) is 2.95. The van der Waals surface area contributed by atoms with Crippen LogP contribution in [0, 0.1) is 6.85 Å². The third-order valence-electron chi connectivity index (χ3n) is 3.72. The molecule has 2 aromatic heterocycles. The van der Waals surface area contributed by atoms with Gasteiger partial charge < -0.3 is 9.31 Å². The molecule has 1 saturated heterocycles. The fourth-order valence-electron chi connectivity index (χ4n) is 1.81. The summed E-state index contributed by atoms with van der Waals surface area (Å²) in [7, 11) is -1.02. The Hall–Kier alpha value is -1.73. The van der Waals surface area contributed by atoms with E-state index in [0.29, 0.717) is 0 Å². The van der Waals surface area contributed by atoms with Gasteiger partial charge in [0, 0.05) is 22.5 Å². The lowest BCUT2D eigenvalue weighted by Crippen LogP contribution is -2.41. The molecule has 1 fully saturated rings. The van der Waals surface area contributed by atoms with Crippen molar-refractivity contribution >= 4 is 12.7 Å². The van der Waals surface area contributed by atoms with E-state index in [0.717, 1.165) is 4.68 Å². The van der Waals surface area contributed by atoms with Crippen molar-refractivity contribution in [3.8, 4) is 5.82 Å². The van der Waals surface area contributed by atoms with Gasteiger partial charge in [0.25, 0.3) is 0 Å². The monoisotopic (exact) mass is 293 g/mol. The third-order valence-corrected chi connectivity index (χ3v) is 3.72. The van der Waals surface area contributed by atoms with E-state index in [1.807, 2.05) is 27.7 Å². The van der Waals surface area contributed by atoms with Crippen LogP contribution in [-0.2, 0) is 9.31 Å². The summed E-state index contributed by atoms with van der Waals surface area (Å²) in [5.74, 6) is -1.01. The van der Waals surface area contributed by atoms with Crippen molar-refractivity contribution in [1.29, 1.82) is 0 Å². The summed E-state index contributed by atoms with van der Waals surface area (Å²) in [6.07, 6.45) is -1.05. The van der Waals surface area contributed by atoms with Crippen LogP contribution in [0.15, 0.2) is 24.4 Å². The molecule has 21 heavy (non-hydrogen) atoms. The van der Waals surface area contributed by atoms with Crippen molar-refractivity contribution in [2.45, 2.75) is 45.7 Å². The van der Waals surface area contributed by atoms with Gasteiger partial charge in [0.2, 0.25) is 0 Å². The van der Waals surface area contributed by atoms with E-state index >= 15 is 0 Å². The summed E-state index contributed by atoms with van der Waals surface area (Å²) in [4.78, 5) is 7.32. The number of hydrogen-bond donors (Lipinski definition) is 0. The van der Waals surface area contributed by atoms with Gasteiger partial charge in [-0.3, -0.25) is 0 Å². The largest absolute Gasteiger partial charge is 0.516 e. The molecule has 0 bridgehead atoms. The normalized spacial score (nSPS) is 25.3. The van der Waals surface area contributed by atoms with E-state index in [1.54, 1.807) is 0 Å². The van der Waals surface area contributed by atoms with E-state index < -0.39 is 49.4 Å². The van der Waals surface area contributed by atoms with Gasteiger partial charge in [-0.25, -0.2) is 14.6 Å². The number of aryl methyl sites for hydroxylation is 1. The van der Waals surface area contributed by atoms with Gasteiger partial charge in [0.05, 0.1) is 22.3 Å². The minimum atomic E-state index is -2.70. The molecule has 3 rings (SSSR count). The molecule has 110 valence electrons. The molecular formula is C14H19BN4O2. The Kier molecular flexibility index (Phi) is 1.78. The molecule has 0 radical (unpaired) electrons. The molecule has 0 saturated carbocycles. The van der Waals surface area contributed by atoms with E-state index in [2.05, 4.69) is 15.1 Å². The zero-order valence-electron chi connectivity index (χ0n) is 19.2. The highest BCUT2D eigenvalue weighted by Crippen LogP contribution is 2.36. The van der Waals surface area contributed by atoms with Crippen LogP contribution in [0.1, 0.15) is 43.1 Å². The maximum atomic E-state index is 8.20. The minimum absolute atomic E-state index is 0.00336. The van der Waals surface area contributed by atoms with Crippen molar-refractivity contribution in [2.24, 2.45) is 0 Å². The SMILES string of the molecule is [2H]c1nc(C([2H])([2H])[2H])nc(-n2nc(B3OC(C)(C)C(C)(C)O3)c([2H])c2[2H])c1[2H]. The lowest BCUT2D eigenvalue weighted by atomic mass is 9.85. The fraction of sp³-hybridized carbons (Fsp3) is 0.500. The average molecular weight is 293 g/mol. The third kappa shape index (κ3) is 2.47. The molecule has 2 aromatic rings. The van der Waals surface area contributed by atoms with Crippen molar-refractivity contribution in [3.63, 3.8) is 0 Å². The van der Waals surface area contributed by atoms with Crippen LogP contribution in [0.25, 0.3) is 5.82 Å². The van der Waals surface area contributed by atoms with Crippen LogP contribution in [0.2, 0.25) is 0 Å². The van der Waals surface area contributed by atoms with Crippen LogP contribution in [-0.4, -0.2) is 38.1 Å². The molecular weight excluding hydrogens is 267 g/mol. The first kappa shape index (κ1) is 8.05. The predicted molar refractivity (Wildman–Crippen MR) is 79.6 cm³/mol. The molecule has 1 aliphatic rings. The van der Waals surface area contributed by atoms with Gasteiger partial charge in [-0.1, -0.05) is 0 Å². The molecule has 6 nitrogen and oxygen atoms in total. The molecule has 1 aliphatic heterocycles. The molecule has 0 unspecified atom stereocenters. The first-order chi connectivity index (χ1) is 12.7. The standard InChI is InChI=1S/C14H19BN4O2/c1-10-16-8-6-12(17-10)19-9-7-11(18-19)15-20-13(2,3)14(4,5)21-15/h6-9H,1-5H3/i1D3,6D,7D,8D,9D. The lowest BCUT2D eigenvalue weighted by molar-refractivity contribution is 0.00578. The van der Waals surface area contributed by atoms with Gasteiger partial charge in [0.15, 0.2) is 5.82 Å². The second kappa shape index (κ2) is 4.64. The Morgan fingerprint density at radius 3 is 2.62 bits per heavy atom. The second-order valence-electron chi connectivity index (χ2n) is 5.73. The Balaban J connectivity index is 2.12. The summed E-state index contributed by atoms with van der Waals surface area (Å²) in [6, 6.07) is -0.817. The summed E-state index contributed by atoms with van der Waals surface area (Å²) >= 11 is 0. The van der Waals surface area contributed by atoms with E-state index in [9.17, 15) is 0 Å². The van der Waals surface area contributed by atoms with E-state index in [-0.39, 0.29) is 17.5 Å². The van der Waals surface area contributed by atoms with Gasteiger partial charge in [-0.2, -0.15) is 5.10 Å². The van der Waals surface area contributed by atoms with Crippen LogP contribution in [0.4, 0.5) is 0 Å². The van der Waals surface area contributed by atoms with Crippen LogP contribution < -0.4 is 5.59 Å². The van der Waals surface area contributed by atoms with Crippen molar-refractivity contribution in [3.05, 3.63) is 30.3 Å². The summed E-state index contributed by atoms with van der Waals surface area (Å²) in [5, 5.41) is 4.13. The Bertz CT molecular complexity index is 929. The summed E-state index contributed by atoms with van der Waals surface area (Å²) < 4.78 is 66.9. The molecule has 0 spiro atoms. The molecule has 0 aromatic carbocycles. The number of hydrogen-bond acceptors (Lipinski definition) is 5. The Morgan fingerprint density at radius 1 is 1.24 bits per heavy atom. The minimum Gasteiger partial charge on any atom is -0.398 e. The van der Waals surface area contributed by atoms with Gasteiger partial charge in [-0.05, 0) is 40.6 Å². The van der Waals surface area contributed by atoms with Crippen molar-refractivity contribution in [1.82, 2.24) is 19.7 Å². The zero-order valence-corrected chi connectivity index (χ0v) is 12.2.